The number of thiophene rings is 1. The van der Waals surface area contributed by atoms with Crippen LogP contribution in [-0.4, -0.2) is 18.4 Å². The predicted molar refractivity (Wildman–Crippen MR) is 124 cm³/mol. The summed E-state index contributed by atoms with van der Waals surface area (Å²) >= 11 is 7.74. The summed E-state index contributed by atoms with van der Waals surface area (Å²) in [7, 11) is 0. The molecule has 0 atom stereocenters. The van der Waals surface area contributed by atoms with Gasteiger partial charge in [-0.1, -0.05) is 17.7 Å². The first kappa shape index (κ1) is 21.5. The second-order valence-corrected chi connectivity index (χ2v) is 9.44. The Morgan fingerprint density at radius 3 is 2.68 bits per heavy atom. The molecule has 1 aliphatic heterocycles. The van der Waals surface area contributed by atoms with Crippen LogP contribution in [0.15, 0.2) is 42.5 Å². The molecule has 4 rings (SSSR count). The summed E-state index contributed by atoms with van der Waals surface area (Å²) < 4.78 is 14.5. The van der Waals surface area contributed by atoms with Crippen LogP contribution in [0.1, 0.15) is 49.6 Å². The molecule has 7 heteroatoms. The number of carbonyl (C=O) groups excluding carboxylic acids is 2. The van der Waals surface area contributed by atoms with Crippen molar-refractivity contribution in [2.45, 2.75) is 33.1 Å². The summed E-state index contributed by atoms with van der Waals surface area (Å²) in [4.78, 5) is 28.9. The lowest BCUT2D eigenvalue weighted by atomic mass is 10.0. The molecule has 0 saturated carbocycles. The van der Waals surface area contributed by atoms with E-state index in [0.29, 0.717) is 27.7 Å². The molecule has 31 heavy (non-hydrogen) atoms. The van der Waals surface area contributed by atoms with Crippen molar-refractivity contribution in [2.75, 3.05) is 16.8 Å². The van der Waals surface area contributed by atoms with Gasteiger partial charge in [-0.25, -0.2) is 4.39 Å². The molecule has 0 spiro atoms. The van der Waals surface area contributed by atoms with Gasteiger partial charge in [0.25, 0.3) is 11.8 Å². The zero-order valence-corrected chi connectivity index (χ0v) is 18.9. The predicted octanol–water partition coefficient (Wildman–Crippen LogP) is 6.39. The molecule has 2 aromatic carbocycles. The number of halogens is 2. The summed E-state index contributed by atoms with van der Waals surface area (Å²) in [6.45, 7) is 4.06. The summed E-state index contributed by atoms with van der Waals surface area (Å²) in [5, 5.41) is 2.80. The van der Waals surface area contributed by atoms with Crippen LogP contribution in [0.3, 0.4) is 0 Å². The number of rotatable bonds is 3. The van der Waals surface area contributed by atoms with E-state index in [0.717, 1.165) is 35.4 Å². The van der Waals surface area contributed by atoms with Crippen molar-refractivity contribution in [2.24, 2.45) is 0 Å². The molecule has 0 bridgehead atoms. The molecule has 3 aromatic rings. The Bertz CT molecular complexity index is 1170. The lowest BCUT2D eigenvalue weighted by Gasteiger charge is -2.22. The minimum absolute atomic E-state index is 0.0750. The Labute approximate surface area is 189 Å². The fourth-order valence-electron chi connectivity index (χ4n) is 3.86. The van der Waals surface area contributed by atoms with Crippen molar-refractivity contribution in [3.63, 3.8) is 0 Å². The number of nitrogens with one attached hydrogen (secondary N) is 1. The van der Waals surface area contributed by atoms with Gasteiger partial charge in [-0.3, -0.25) is 9.59 Å². The molecular formula is C24H22ClFN2O2S. The standard InChI is InChI=1S/C24H22ClFN2O2S/c1-14-12-16(27-23(29)18-6-5-7-19(26)15(18)2)9-10-17(14)24(30)28-11-4-3-8-21-20(28)13-22(25)31-21/h5-7,9-10,12-13H,3-4,8,11H2,1-2H3,(H,27,29). The average molecular weight is 457 g/mol. The van der Waals surface area contributed by atoms with Gasteiger partial charge in [0.15, 0.2) is 0 Å². The van der Waals surface area contributed by atoms with Gasteiger partial charge in [-0.15, -0.1) is 11.3 Å². The highest BCUT2D eigenvalue weighted by Gasteiger charge is 2.25. The number of benzene rings is 2. The van der Waals surface area contributed by atoms with E-state index >= 15 is 0 Å². The zero-order chi connectivity index (χ0) is 22.1. The Kier molecular flexibility index (Phi) is 6.12. The second-order valence-electron chi connectivity index (χ2n) is 7.67. The van der Waals surface area contributed by atoms with Gasteiger partial charge in [0, 0.05) is 28.2 Å². The average Bonchev–Trinajstić information content (AvgIpc) is 2.98. The number of fused-ring (bicyclic) bond motifs is 1. The van der Waals surface area contributed by atoms with Crippen LogP contribution in [-0.2, 0) is 6.42 Å². The summed E-state index contributed by atoms with van der Waals surface area (Å²) in [6.07, 6.45) is 2.89. The maximum Gasteiger partial charge on any atom is 0.258 e. The van der Waals surface area contributed by atoms with E-state index in [-0.39, 0.29) is 17.4 Å². The van der Waals surface area contributed by atoms with E-state index in [1.165, 1.54) is 23.5 Å². The van der Waals surface area contributed by atoms with Gasteiger partial charge >= 0.3 is 0 Å². The molecule has 2 heterocycles. The van der Waals surface area contributed by atoms with E-state index in [4.69, 9.17) is 11.6 Å². The monoisotopic (exact) mass is 456 g/mol. The van der Waals surface area contributed by atoms with Crippen LogP contribution < -0.4 is 10.2 Å². The van der Waals surface area contributed by atoms with Crippen molar-refractivity contribution in [3.05, 3.63) is 79.7 Å². The molecule has 0 radical (unpaired) electrons. The third-order valence-electron chi connectivity index (χ3n) is 5.56. The molecule has 1 aliphatic rings. The fraction of sp³-hybridized carbons (Fsp3) is 0.250. The van der Waals surface area contributed by atoms with Gasteiger partial charge < -0.3 is 10.2 Å². The lowest BCUT2D eigenvalue weighted by Crippen LogP contribution is -2.32. The summed E-state index contributed by atoms with van der Waals surface area (Å²) in [5.41, 5.74) is 3.37. The van der Waals surface area contributed by atoms with Crippen LogP contribution in [0, 0.1) is 19.7 Å². The Morgan fingerprint density at radius 1 is 1.10 bits per heavy atom. The molecule has 0 saturated heterocycles. The van der Waals surface area contributed by atoms with Gasteiger partial charge in [-0.05, 0) is 80.6 Å². The maximum absolute atomic E-state index is 13.8. The molecule has 1 N–H and O–H groups in total. The number of carbonyl (C=O) groups is 2. The smallest absolute Gasteiger partial charge is 0.258 e. The van der Waals surface area contributed by atoms with E-state index in [1.54, 1.807) is 36.1 Å². The Morgan fingerprint density at radius 2 is 1.90 bits per heavy atom. The lowest BCUT2D eigenvalue weighted by molar-refractivity contribution is 0.0985. The zero-order valence-electron chi connectivity index (χ0n) is 17.3. The SMILES string of the molecule is Cc1cc(NC(=O)c2cccc(F)c2C)ccc1C(=O)N1CCCCc2sc(Cl)cc21. The number of anilines is 2. The number of amides is 2. The third kappa shape index (κ3) is 4.36. The number of aryl methyl sites for hydroxylation is 2. The number of nitrogens with zero attached hydrogens (tertiary/aromatic N) is 1. The molecular weight excluding hydrogens is 435 g/mol. The molecule has 0 fully saturated rings. The topological polar surface area (TPSA) is 49.4 Å². The first-order valence-corrected chi connectivity index (χ1v) is 11.3. The van der Waals surface area contributed by atoms with Crippen molar-refractivity contribution < 1.29 is 14.0 Å². The molecule has 0 aliphatic carbocycles. The first-order chi connectivity index (χ1) is 14.8. The van der Waals surface area contributed by atoms with Crippen LogP contribution in [0.25, 0.3) is 0 Å². The van der Waals surface area contributed by atoms with E-state index < -0.39 is 5.82 Å². The van der Waals surface area contributed by atoms with Crippen molar-refractivity contribution in [1.29, 1.82) is 0 Å². The second kappa shape index (κ2) is 8.81. The normalized spacial score (nSPS) is 13.5. The van der Waals surface area contributed by atoms with Crippen molar-refractivity contribution in [3.8, 4) is 0 Å². The van der Waals surface area contributed by atoms with Gasteiger partial charge in [-0.2, -0.15) is 0 Å². The van der Waals surface area contributed by atoms with E-state index in [2.05, 4.69) is 5.32 Å². The molecule has 2 amide bonds. The fourth-order valence-corrected chi connectivity index (χ4v) is 5.17. The Balaban J connectivity index is 1.57. The van der Waals surface area contributed by atoms with E-state index in [9.17, 15) is 14.0 Å². The highest BCUT2D eigenvalue weighted by atomic mass is 35.5. The highest BCUT2D eigenvalue weighted by molar-refractivity contribution is 7.16. The number of hydrogen-bond acceptors (Lipinski definition) is 3. The molecule has 160 valence electrons. The third-order valence-corrected chi connectivity index (χ3v) is 6.87. The minimum Gasteiger partial charge on any atom is -0.322 e. The highest BCUT2D eigenvalue weighted by Crippen LogP contribution is 2.37. The van der Waals surface area contributed by atoms with Crippen LogP contribution in [0.4, 0.5) is 15.8 Å². The summed E-state index contributed by atoms with van der Waals surface area (Å²) in [6, 6.07) is 11.5. The molecule has 0 unspecified atom stereocenters. The minimum atomic E-state index is -0.421. The summed E-state index contributed by atoms with van der Waals surface area (Å²) in [5.74, 6) is -0.885. The van der Waals surface area contributed by atoms with Crippen LogP contribution >= 0.6 is 22.9 Å². The van der Waals surface area contributed by atoms with Crippen molar-refractivity contribution in [1.82, 2.24) is 0 Å². The van der Waals surface area contributed by atoms with Gasteiger partial charge in [0.2, 0.25) is 0 Å². The Hall–Kier alpha value is -2.70. The van der Waals surface area contributed by atoms with Gasteiger partial charge in [0.05, 0.1) is 10.0 Å². The molecule has 1 aromatic heterocycles. The maximum atomic E-state index is 13.8. The quantitative estimate of drug-likeness (QED) is 0.496. The molecule has 4 nitrogen and oxygen atoms in total. The van der Waals surface area contributed by atoms with Crippen LogP contribution in [0.2, 0.25) is 4.34 Å². The van der Waals surface area contributed by atoms with Gasteiger partial charge in [0.1, 0.15) is 5.82 Å². The van der Waals surface area contributed by atoms with E-state index in [1.807, 2.05) is 13.0 Å². The van der Waals surface area contributed by atoms with Crippen molar-refractivity contribution >= 4 is 46.1 Å². The number of hydrogen-bond donors (Lipinski definition) is 1. The largest absolute Gasteiger partial charge is 0.322 e. The van der Waals surface area contributed by atoms with Crippen LogP contribution in [0.5, 0.6) is 0 Å². The first-order valence-electron chi connectivity index (χ1n) is 10.1.